The van der Waals surface area contributed by atoms with Gasteiger partial charge in [-0.3, -0.25) is 4.90 Å². The van der Waals surface area contributed by atoms with Gasteiger partial charge in [0.15, 0.2) is 11.0 Å². The average molecular weight is 565 g/mol. The first-order chi connectivity index (χ1) is 18.5. The average Bonchev–Trinajstić information content (AvgIpc) is 3.55. The van der Waals surface area contributed by atoms with Crippen LogP contribution >= 0.6 is 11.6 Å². The van der Waals surface area contributed by atoms with Crippen LogP contribution in [0, 0.1) is 17.7 Å². The summed E-state index contributed by atoms with van der Waals surface area (Å²) >= 11 is 6.01. The number of fused-ring (bicyclic) bond motifs is 3. The maximum atomic E-state index is 15.1. The SMILES string of the molecule is CC(C)(C)OC(=O)N1CC2CCN(c3nc(OC[C@@]45CCCN4C[C@H](F)C5)nc4c(F)c(Cl)ncc34)CC2C1. The number of rotatable bonds is 4. The van der Waals surface area contributed by atoms with E-state index in [1.807, 2.05) is 20.8 Å². The molecule has 0 spiro atoms. The molecule has 6 heterocycles. The van der Waals surface area contributed by atoms with Crippen molar-refractivity contribution in [3.63, 3.8) is 0 Å². The molecule has 4 aliphatic rings. The van der Waals surface area contributed by atoms with E-state index in [2.05, 4.69) is 19.8 Å². The number of pyridine rings is 1. The third-order valence-electron chi connectivity index (χ3n) is 8.58. The molecule has 4 aliphatic heterocycles. The van der Waals surface area contributed by atoms with Crippen molar-refractivity contribution in [3.8, 4) is 6.01 Å². The van der Waals surface area contributed by atoms with Crippen LogP contribution < -0.4 is 9.64 Å². The highest BCUT2D eigenvalue weighted by Crippen LogP contribution is 2.41. The number of nitrogens with zero attached hydrogens (tertiary/aromatic N) is 6. The number of alkyl halides is 1. The van der Waals surface area contributed by atoms with Gasteiger partial charge in [0, 0.05) is 45.3 Å². The van der Waals surface area contributed by atoms with Crippen LogP contribution in [0.5, 0.6) is 6.01 Å². The Morgan fingerprint density at radius 2 is 1.97 bits per heavy atom. The van der Waals surface area contributed by atoms with Crippen LogP contribution in [0.2, 0.25) is 5.15 Å². The number of hydrogen-bond acceptors (Lipinski definition) is 8. The van der Waals surface area contributed by atoms with Crippen molar-refractivity contribution in [1.82, 2.24) is 24.8 Å². The second kappa shape index (κ2) is 9.83. The molecule has 2 aromatic rings. The Hall–Kier alpha value is -2.53. The number of amides is 1. The molecule has 1 amide bonds. The van der Waals surface area contributed by atoms with Gasteiger partial charge in [0.05, 0.1) is 10.9 Å². The van der Waals surface area contributed by atoms with Gasteiger partial charge in [-0.25, -0.2) is 18.6 Å². The number of hydrogen-bond donors (Lipinski definition) is 0. The molecule has 0 aliphatic carbocycles. The third kappa shape index (κ3) is 5.08. The molecule has 0 radical (unpaired) electrons. The van der Waals surface area contributed by atoms with Crippen molar-refractivity contribution < 1.29 is 23.0 Å². The number of anilines is 1. The van der Waals surface area contributed by atoms with Gasteiger partial charge in [0.2, 0.25) is 0 Å². The largest absolute Gasteiger partial charge is 0.461 e. The van der Waals surface area contributed by atoms with Crippen LogP contribution in [0.3, 0.4) is 0 Å². The van der Waals surface area contributed by atoms with E-state index >= 15 is 4.39 Å². The predicted molar refractivity (Wildman–Crippen MR) is 142 cm³/mol. The number of likely N-dealkylation sites (tertiary alicyclic amines) is 1. The molecule has 4 atom stereocenters. The van der Waals surface area contributed by atoms with Gasteiger partial charge < -0.3 is 19.3 Å². The van der Waals surface area contributed by atoms with Crippen LogP contribution in [-0.4, -0.2) is 94.0 Å². The van der Waals surface area contributed by atoms with Crippen LogP contribution in [0.1, 0.15) is 46.5 Å². The van der Waals surface area contributed by atoms with Crippen molar-refractivity contribution in [2.45, 2.75) is 63.8 Å². The standard InChI is InChI=1S/C27H35ClF2N6O3/c1-26(2,3)39-25(37)35-11-16-5-8-34(12-17(16)13-35)23-19-10-31-22(28)20(30)21(19)32-24(33-23)38-15-27-6-4-7-36(27)14-18(29)9-27/h10,16-18H,4-9,11-15H2,1-3H3/t16?,17?,18-,27+/m1/s1. The summed E-state index contributed by atoms with van der Waals surface area (Å²) in [5, 5.41) is 0.187. The summed E-state index contributed by atoms with van der Waals surface area (Å²) < 4.78 is 41.1. The molecule has 2 aromatic heterocycles. The van der Waals surface area contributed by atoms with Crippen molar-refractivity contribution in [3.05, 3.63) is 17.2 Å². The van der Waals surface area contributed by atoms with E-state index in [1.54, 1.807) is 4.90 Å². The maximum absolute atomic E-state index is 15.1. The fourth-order valence-corrected chi connectivity index (χ4v) is 6.93. The topological polar surface area (TPSA) is 83.9 Å². The lowest BCUT2D eigenvalue weighted by Gasteiger charge is -2.35. The van der Waals surface area contributed by atoms with Crippen LogP contribution in [0.25, 0.3) is 10.9 Å². The zero-order valence-corrected chi connectivity index (χ0v) is 23.4. The van der Waals surface area contributed by atoms with Crippen molar-refractivity contribution in [2.75, 3.05) is 50.8 Å². The Kier molecular flexibility index (Phi) is 6.73. The van der Waals surface area contributed by atoms with E-state index in [-0.39, 0.29) is 40.8 Å². The van der Waals surface area contributed by atoms with E-state index < -0.39 is 17.6 Å². The van der Waals surface area contributed by atoms with Crippen LogP contribution in [0.4, 0.5) is 19.4 Å². The van der Waals surface area contributed by atoms with Crippen LogP contribution in [-0.2, 0) is 4.74 Å². The summed E-state index contributed by atoms with van der Waals surface area (Å²) in [6, 6.07) is 0.0473. The first kappa shape index (κ1) is 26.7. The van der Waals surface area contributed by atoms with Gasteiger partial charge in [-0.2, -0.15) is 9.97 Å². The quantitative estimate of drug-likeness (QED) is 0.503. The summed E-state index contributed by atoms with van der Waals surface area (Å²) in [6.45, 7) is 9.66. The Morgan fingerprint density at radius 3 is 2.77 bits per heavy atom. The second-order valence-electron chi connectivity index (χ2n) is 12.5. The number of ether oxygens (including phenoxy) is 2. The summed E-state index contributed by atoms with van der Waals surface area (Å²) in [5.74, 6) is 0.379. The Labute approximate surface area is 231 Å². The molecule has 2 unspecified atom stereocenters. The minimum Gasteiger partial charge on any atom is -0.461 e. The molecule has 0 N–H and O–H groups in total. The number of carbonyl (C=O) groups excluding carboxylic acids is 1. The fourth-order valence-electron chi connectivity index (χ4n) is 6.79. The van der Waals surface area contributed by atoms with Crippen LogP contribution in [0.15, 0.2) is 6.20 Å². The molecule has 9 nitrogen and oxygen atoms in total. The molecular weight excluding hydrogens is 530 g/mol. The van der Waals surface area contributed by atoms with Crippen molar-refractivity contribution in [2.24, 2.45) is 11.8 Å². The normalized spacial score (nSPS) is 29.1. The molecule has 212 valence electrons. The maximum Gasteiger partial charge on any atom is 0.410 e. The molecule has 6 rings (SSSR count). The number of halogens is 3. The lowest BCUT2D eigenvalue weighted by atomic mass is 9.88. The van der Waals surface area contributed by atoms with Gasteiger partial charge in [-0.1, -0.05) is 11.6 Å². The lowest BCUT2D eigenvalue weighted by Crippen LogP contribution is -2.43. The van der Waals surface area contributed by atoms with Gasteiger partial charge in [0.25, 0.3) is 0 Å². The molecule has 39 heavy (non-hydrogen) atoms. The van der Waals surface area contributed by atoms with E-state index in [4.69, 9.17) is 26.1 Å². The van der Waals surface area contributed by atoms with E-state index in [9.17, 15) is 9.18 Å². The molecule has 4 saturated heterocycles. The van der Waals surface area contributed by atoms with E-state index in [0.29, 0.717) is 56.3 Å². The summed E-state index contributed by atoms with van der Waals surface area (Å²) in [4.78, 5) is 31.8. The number of aromatic nitrogens is 3. The first-order valence-electron chi connectivity index (χ1n) is 13.8. The highest BCUT2D eigenvalue weighted by Gasteiger charge is 2.49. The Balaban J connectivity index is 1.25. The summed E-state index contributed by atoms with van der Waals surface area (Å²) in [7, 11) is 0. The zero-order chi connectivity index (χ0) is 27.5. The molecule has 12 heteroatoms. The highest BCUT2D eigenvalue weighted by molar-refractivity contribution is 6.30. The van der Waals surface area contributed by atoms with Gasteiger partial charge in [0.1, 0.15) is 29.7 Å². The third-order valence-corrected chi connectivity index (χ3v) is 8.85. The predicted octanol–water partition coefficient (Wildman–Crippen LogP) is 4.47. The summed E-state index contributed by atoms with van der Waals surface area (Å²) in [6.07, 6.45) is 3.43. The van der Waals surface area contributed by atoms with Gasteiger partial charge >= 0.3 is 12.1 Å². The Morgan fingerprint density at radius 1 is 1.18 bits per heavy atom. The number of piperidine rings is 1. The first-order valence-corrected chi connectivity index (χ1v) is 14.2. The monoisotopic (exact) mass is 564 g/mol. The van der Waals surface area contributed by atoms with Crippen molar-refractivity contribution >= 4 is 34.4 Å². The fraction of sp³-hybridized carbons (Fsp3) is 0.704. The molecule has 0 bridgehead atoms. The molecular formula is C27H35ClF2N6O3. The van der Waals surface area contributed by atoms with Gasteiger partial charge in [-0.05, 0) is 58.4 Å². The minimum atomic E-state index is -0.878. The highest BCUT2D eigenvalue weighted by atomic mass is 35.5. The second-order valence-corrected chi connectivity index (χ2v) is 12.8. The summed E-state index contributed by atoms with van der Waals surface area (Å²) in [5.41, 5.74) is -0.876. The Bertz CT molecular complexity index is 1280. The van der Waals surface area contributed by atoms with Gasteiger partial charge in [-0.15, -0.1) is 0 Å². The zero-order valence-electron chi connectivity index (χ0n) is 22.6. The lowest BCUT2D eigenvalue weighted by molar-refractivity contribution is 0.0285. The van der Waals surface area contributed by atoms with E-state index in [1.165, 1.54) is 6.20 Å². The minimum absolute atomic E-state index is 0.0473. The molecule has 0 saturated carbocycles. The molecule has 4 fully saturated rings. The molecule has 0 aromatic carbocycles. The number of carbonyl (C=O) groups is 1. The van der Waals surface area contributed by atoms with E-state index in [0.717, 1.165) is 25.8 Å². The van der Waals surface area contributed by atoms with Crippen molar-refractivity contribution in [1.29, 1.82) is 0 Å². The smallest absolute Gasteiger partial charge is 0.410 e.